The summed E-state index contributed by atoms with van der Waals surface area (Å²) in [6.07, 6.45) is 0. The standard InChI is InChI=1S/C13H16F2N2O2/c1-7(2)12(16-8(3)18)13(19)17-11-5-9(14)4-10(15)6-11/h4-7,12H,1-3H3,(H,16,18)(H,17,19)/t12-/m1/s1. The van der Waals surface area contributed by atoms with Crippen molar-refractivity contribution in [2.75, 3.05) is 5.32 Å². The average molecular weight is 270 g/mol. The Morgan fingerprint density at radius 1 is 1.11 bits per heavy atom. The van der Waals surface area contributed by atoms with Crippen molar-refractivity contribution in [3.8, 4) is 0 Å². The normalized spacial score (nSPS) is 12.1. The molecule has 104 valence electrons. The molecule has 0 unspecified atom stereocenters. The van der Waals surface area contributed by atoms with Gasteiger partial charge in [0.2, 0.25) is 11.8 Å². The van der Waals surface area contributed by atoms with Crippen LogP contribution in [0.2, 0.25) is 0 Å². The molecule has 0 fully saturated rings. The Hall–Kier alpha value is -1.98. The molecule has 0 aromatic heterocycles. The predicted octanol–water partition coefficient (Wildman–Crippen LogP) is 2.06. The molecule has 0 aliphatic heterocycles. The van der Waals surface area contributed by atoms with Crippen molar-refractivity contribution in [1.29, 1.82) is 0 Å². The van der Waals surface area contributed by atoms with Crippen molar-refractivity contribution in [2.45, 2.75) is 26.8 Å². The van der Waals surface area contributed by atoms with Gasteiger partial charge < -0.3 is 10.6 Å². The van der Waals surface area contributed by atoms with E-state index in [-0.39, 0.29) is 17.5 Å². The van der Waals surface area contributed by atoms with Crippen LogP contribution in [0.4, 0.5) is 14.5 Å². The van der Waals surface area contributed by atoms with Gasteiger partial charge in [-0.2, -0.15) is 0 Å². The van der Waals surface area contributed by atoms with Gasteiger partial charge in [-0.15, -0.1) is 0 Å². The summed E-state index contributed by atoms with van der Waals surface area (Å²) in [5.74, 6) is -2.58. The van der Waals surface area contributed by atoms with Crippen molar-refractivity contribution >= 4 is 17.5 Å². The maximum Gasteiger partial charge on any atom is 0.247 e. The van der Waals surface area contributed by atoms with Crippen LogP contribution in [0.5, 0.6) is 0 Å². The number of carbonyl (C=O) groups excluding carboxylic acids is 2. The second-order valence-electron chi connectivity index (χ2n) is 4.57. The molecule has 4 nitrogen and oxygen atoms in total. The predicted molar refractivity (Wildman–Crippen MR) is 67.4 cm³/mol. The van der Waals surface area contributed by atoms with Gasteiger partial charge in [0.15, 0.2) is 0 Å². The molecule has 0 heterocycles. The van der Waals surface area contributed by atoms with E-state index in [9.17, 15) is 18.4 Å². The summed E-state index contributed by atoms with van der Waals surface area (Å²) in [5.41, 5.74) is 0.0125. The van der Waals surface area contributed by atoms with Gasteiger partial charge in [-0.05, 0) is 18.1 Å². The lowest BCUT2D eigenvalue weighted by Crippen LogP contribution is -2.46. The minimum Gasteiger partial charge on any atom is -0.344 e. The minimum absolute atomic E-state index is 0.0125. The molecule has 2 N–H and O–H groups in total. The number of carbonyl (C=O) groups is 2. The molecule has 1 aromatic carbocycles. The zero-order valence-electron chi connectivity index (χ0n) is 11.0. The van der Waals surface area contributed by atoms with Crippen molar-refractivity contribution in [2.24, 2.45) is 5.92 Å². The molecule has 6 heteroatoms. The van der Waals surface area contributed by atoms with Crippen LogP contribution >= 0.6 is 0 Å². The second-order valence-corrected chi connectivity index (χ2v) is 4.57. The monoisotopic (exact) mass is 270 g/mol. The fourth-order valence-corrected chi connectivity index (χ4v) is 1.60. The zero-order valence-corrected chi connectivity index (χ0v) is 11.0. The van der Waals surface area contributed by atoms with Crippen LogP contribution in [0.1, 0.15) is 20.8 Å². The van der Waals surface area contributed by atoms with Gasteiger partial charge in [0.1, 0.15) is 17.7 Å². The smallest absolute Gasteiger partial charge is 0.247 e. The van der Waals surface area contributed by atoms with Gasteiger partial charge in [-0.25, -0.2) is 8.78 Å². The molecule has 0 aliphatic rings. The third kappa shape index (κ3) is 4.65. The van der Waals surface area contributed by atoms with Gasteiger partial charge in [0, 0.05) is 18.7 Å². The van der Waals surface area contributed by atoms with Gasteiger partial charge in [0.25, 0.3) is 0 Å². The van der Waals surface area contributed by atoms with E-state index in [1.165, 1.54) is 6.92 Å². The lowest BCUT2D eigenvalue weighted by atomic mass is 10.0. The number of nitrogens with one attached hydrogen (secondary N) is 2. The first kappa shape index (κ1) is 15.1. The molecule has 2 amide bonds. The number of anilines is 1. The highest BCUT2D eigenvalue weighted by atomic mass is 19.1. The van der Waals surface area contributed by atoms with Crippen molar-refractivity contribution in [1.82, 2.24) is 5.32 Å². The summed E-state index contributed by atoms with van der Waals surface area (Å²) in [5, 5.41) is 4.87. The Labute approximate surface area is 110 Å². The number of rotatable bonds is 4. The first-order chi connectivity index (χ1) is 8.79. The van der Waals surface area contributed by atoms with Gasteiger partial charge in [-0.3, -0.25) is 9.59 Å². The Kier molecular flexibility index (Phi) is 4.97. The van der Waals surface area contributed by atoms with Crippen LogP contribution in [0, 0.1) is 17.6 Å². The van der Waals surface area contributed by atoms with Crippen LogP contribution in [-0.2, 0) is 9.59 Å². The summed E-state index contributed by atoms with van der Waals surface area (Å²) in [7, 11) is 0. The topological polar surface area (TPSA) is 58.2 Å². The highest BCUT2D eigenvalue weighted by molar-refractivity contribution is 5.97. The maximum atomic E-state index is 13.0. The number of hydrogen-bond donors (Lipinski definition) is 2. The lowest BCUT2D eigenvalue weighted by Gasteiger charge is -2.20. The molecule has 0 spiro atoms. The Morgan fingerprint density at radius 3 is 2.05 bits per heavy atom. The van der Waals surface area contributed by atoms with Gasteiger partial charge >= 0.3 is 0 Å². The van der Waals surface area contributed by atoms with E-state index < -0.39 is 23.6 Å². The molecule has 0 saturated heterocycles. The number of hydrogen-bond acceptors (Lipinski definition) is 2. The lowest BCUT2D eigenvalue weighted by molar-refractivity contribution is -0.126. The third-order valence-electron chi connectivity index (χ3n) is 2.44. The fourth-order valence-electron chi connectivity index (χ4n) is 1.60. The van der Waals surface area contributed by atoms with E-state index in [4.69, 9.17) is 0 Å². The largest absolute Gasteiger partial charge is 0.344 e. The Bertz CT molecular complexity index is 469. The van der Waals surface area contributed by atoms with Crippen molar-refractivity contribution in [3.63, 3.8) is 0 Å². The van der Waals surface area contributed by atoms with E-state index in [2.05, 4.69) is 10.6 Å². The molecule has 1 atom stereocenters. The summed E-state index contributed by atoms with van der Waals surface area (Å²) in [6, 6.07) is 1.96. The molecule has 0 bridgehead atoms. The van der Waals surface area contributed by atoms with E-state index in [1.54, 1.807) is 13.8 Å². The van der Waals surface area contributed by atoms with Crippen molar-refractivity contribution < 1.29 is 18.4 Å². The molecule has 19 heavy (non-hydrogen) atoms. The highest BCUT2D eigenvalue weighted by Gasteiger charge is 2.23. The first-order valence-corrected chi connectivity index (χ1v) is 5.83. The maximum absolute atomic E-state index is 13.0. The average Bonchev–Trinajstić information content (AvgIpc) is 2.23. The minimum atomic E-state index is -0.782. The molecule has 1 rings (SSSR count). The van der Waals surface area contributed by atoms with Crippen LogP contribution in [0.15, 0.2) is 18.2 Å². The van der Waals surface area contributed by atoms with Crippen LogP contribution in [-0.4, -0.2) is 17.9 Å². The Morgan fingerprint density at radius 2 is 1.63 bits per heavy atom. The van der Waals surface area contributed by atoms with E-state index in [0.29, 0.717) is 6.07 Å². The molecule has 0 aliphatic carbocycles. The Balaban J connectivity index is 2.83. The molecule has 0 saturated carbocycles. The highest BCUT2D eigenvalue weighted by Crippen LogP contribution is 2.14. The molecule has 0 radical (unpaired) electrons. The summed E-state index contributed by atoms with van der Waals surface area (Å²) >= 11 is 0. The van der Waals surface area contributed by atoms with Gasteiger partial charge in [0.05, 0.1) is 0 Å². The van der Waals surface area contributed by atoms with Crippen molar-refractivity contribution in [3.05, 3.63) is 29.8 Å². The molecule has 1 aromatic rings. The fraction of sp³-hybridized carbons (Fsp3) is 0.385. The molecular formula is C13H16F2N2O2. The first-order valence-electron chi connectivity index (χ1n) is 5.83. The number of benzene rings is 1. The zero-order chi connectivity index (χ0) is 14.6. The van der Waals surface area contributed by atoms with E-state index in [0.717, 1.165) is 12.1 Å². The summed E-state index contributed by atoms with van der Waals surface area (Å²) < 4.78 is 26.0. The van der Waals surface area contributed by atoms with Crippen LogP contribution in [0.3, 0.4) is 0 Å². The van der Waals surface area contributed by atoms with E-state index in [1.807, 2.05) is 0 Å². The van der Waals surface area contributed by atoms with Crippen LogP contribution < -0.4 is 10.6 Å². The third-order valence-corrected chi connectivity index (χ3v) is 2.44. The van der Waals surface area contributed by atoms with E-state index >= 15 is 0 Å². The summed E-state index contributed by atoms with van der Waals surface area (Å²) in [4.78, 5) is 23.0. The summed E-state index contributed by atoms with van der Waals surface area (Å²) in [6.45, 7) is 4.81. The molecular weight excluding hydrogens is 254 g/mol. The van der Waals surface area contributed by atoms with Crippen LogP contribution in [0.25, 0.3) is 0 Å². The number of halogens is 2. The second kappa shape index (κ2) is 6.26. The SMILES string of the molecule is CC(=O)N[C@@H](C(=O)Nc1cc(F)cc(F)c1)C(C)C. The number of amides is 2. The van der Waals surface area contributed by atoms with Gasteiger partial charge in [-0.1, -0.05) is 13.8 Å². The quantitative estimate of drug-likeness (QED) is 0.880.